The van der Waals surface area contributed by atoms with Crippen LogP contribution in [0.3, 0.4) is 0 Å². The summed E-state index contributed by atoms with van der Waals surface area (Å²) in [4.78, 5) is 7.93. The molecule has 0 saturated heterocycles. The lowest BCUT2D eigenvalue weighted by molar-refractivity contribution is 0.996. The van der Waals surface area contributed by atoms with E-state index in [9.17, 15) is 0 Å². The van der Waals surface area contributed by atoms with Crippen LogP contribution in [0.15, 0.2) is 27.3 Å². The van der Waals surface area contributed by atoms with Crippen LogP contribution in [0.5, 0.6) is 0 Å². The Morgan fingerprint density at radius 3 is 2.86 bits per heavy atom. The molecule has 0 aliphatic rings. The zero-order valence-corrected chi connectivity index (χ0v) is 8.42. The number of nitriles is 1. The fraction of sp³-hybridized carbons (Fsp3) is 0. The van der Waals surface area contributed by atoms with Gasteiger partial charge in [0.25, 0.3) is 0 Å². The second kappa shape index (κ2) is 4.13. The van der Waals surface area contributed by atoms with Gasteiger partial charge < -0.3 is 0 Å². The van der Waals surface area contributed by atoms with Crippen molar-refractivity contribution in [2.75, 3.05) is 0 Å². The van der Waals surface area contributed by atoms with Crippen molar-refractivity contribution in [1.82, 2.24) is 20.2 Å². The minimum atomic E-state index is 0.312. The number of nitrogens with zero attached hydrogens (tertiary/aromatic N) is 5. The fourth-order valence-electron chi connectivity index (χ4n) is 0.723. The zero-order chi connectivity index (χ0) is 9.80. The van der Waals surface area contributed by atoms with Crippen LogP contribution in [-0.2, 0) is 0 Å². The predicted octanol–water partition coefficient (Wildman–Crippen LogP) is 1.35. The Kier molecular flexibility index (Phi) is 2.67. The van der Waals surface area contributed by atoms with E-state index in [1.165, 1.54) is 29.3 Å². The first-order chi connectivity index (χ1) is 6.88. The Labute approximate surface area is 87.9 Å². The first-order valence-electron chi connectivity index (χ1n) is 3.54. The maximum atomic E-state index is 8.51. The summed E-state index contributed by atoms with van der Waals surface area (Å²) in [7, 11) is 0. The minimum absolute atomic E-state index is 0.312. The molecule has 0 atom stereocenters. The average Bonchev–Trinajstić information content (AvgIpc) is 2.72. The van der Waals surface area contributed by atoms with Crippen LogP contribution in [0.2, 0.25) is 0 Å². The van der Waals surface area contributed by atoms with Crippen molar-refractivity contribution in [2.45, 2.75) is 9.37 Å². The Balaban J connectivity index is 2.15. The Morgan fingerprint density at radius 2 is 2.29 bits per heavy atom. The van der Waals surface area contributed by atoms with E-state index in [-0.39, 0.29) is 0 Å². The quantitative estimate of drug-likeness (QED) is 0.762. The number of rotatable bonds is 2. The van der Waals surface area contributed by atoms with Crippen LogP contribution in [-0.4, -0.2) is 20.2 Å². The topological polar surface area (TPSA) is 75.3 Å². The minimum Gasteiger partial charge on any atom is -0.245 e. The highest BCUT2D eigenvalue weighted by atomic mass is 32.2. The number of aromatic nitrogens is 4. The van der Waals surface area contributed by atoms with Crippen molar-refractivity contribution in [3.63, 3.8) is 0 Å². The van der Waals surface area contributed by atoms with Crippen LogP contribution in [0.1, 0.15) is 5.69 Å². The summed E-state index contributed by atoms with van der Waals surface area (Å²) in [5.41, 5.74) is 1.96. The highest BCUT2D eigenvalue weighted by Crippen LogP contribution is 2.25. The molecule has 5 nitrogen and oxygen atoms in total. The molecule has 7 heteroatoms. The van der Waals surface area contributed by atoms with Gasteiger partial charge in [-0.05, 0) is 11.8 Å². The van der Waals surface area contributed by atoms with Crippen molar-refractivity contribution in [2.24, 2.45) is 0 Å². The third-order valence-electron chi connectivity index (χ3n) is 1.27. The lowest BCUT2D eigenvalue weighted by Gasteiger charge is -1.93. The molecule has 0 aliphatic heterocycles. The van der Waals surface area contributed by atoms with Crippen molar-refractivity contribution >= 4 is 23.1 Å². The van der Waals surface area contributed by atoms with Gasteiger partial charge in [0.15, 0.2) is 10.0 Å². The largest absolute Gasteiger partial charge is 0.245 e. The summed E-state index contributed by atoms with van der Waals surface area (Å²) in [5.74, 6) is 0. The fourth-order valence-corrected chi connectivity index (χ4v) is 2.06. The van der Waals surface area contributed by atoms with E-state index in [2.05, 4.69) is 20.2 Å². The van der Waals surface area contributed by atoms with Gasteiger partial charge in [-0.1, -0.05) is 11.3 Å². The maximum absolute atomic E-state index is 8.51. The van der Waals surface area contributed by atoms with E-state index in [1.807, 2.05) is 6.07 Å². The third kappa shape index (κ3) is 2.04. The van der Waals surface area contributed by atoms with Gasteiger partial charge in [-0.25, -0.2) is 9.97 Å². The molecule has 2 rings (SSSR count). The van der Waals surface area contributed by atoms with E-state index < -0.39 is 0 Å². The molecule has 0 bridgehead atoms. The van der Waals surface area contributed by atoms with Gasteiger partial charge in [-0.2, -0.15) is 5.26 Å². The third-order valence-corrected chi connectivity index (χ3v) is 2.97. The molecule has 0 aliphatic carbocycles. The highest BCUT2D eigenvalue weighted by molar-refractivity contribution is 8.00. The van der Waals surface area contributed by atoms with Gasteiger partial charge in [-0.15, -0.1) is 10.2 Å². The van der Waals surface area contributed by atoms with Crippen molar-refractivity contribution in [1.29, 1.82) is 5.26 Å². The van der Waals surface area contributed by atoms with Crippen LogP contribution >= 0.6 is 23.1 Å². The predicted molar refractivity (Wildman–Crippen MR) is 50.8 cm³/mol. The second-order valence-corrected chi connectivity index (χ2v) is 4.26. The Bertz CT molecular complexity index is 444. The van der Waals surface area contributed by atoms with Gasteiger partial charge in [-0.3, -0.25) is 0 Å². The monoisotopic (exact) mass is 221 g/mol. The molecule has 0 aromatic carbocycles. The Hall–Kier alpha value is -1.52. The summed E-state index contributed by atoms with van der Waals surface area (Å²) >= 11 is 2.81. The van der Waals surface area contributed by atoms with Crippen molar-refractivity contribution in [3.8, 4) is 6.07 Å². The molecule has 0 spiro atoms. The van der Waals surface area contributed by atoms with Gasteiger partial charge in [0.1, 0.15) is 16.6 Å². The van der Waals surface area contributed by atoms with E-state index in [4.69, 9.17) is 5.26 Å². The van der Waals surface area contributed by atoms with Gasteiger partial charge in [0, 0.05) is 0 Å². The van der Waals surface area contributed by atoms with Crippen LogP contribution in [0, 0.1) is 11.3 Å². The molecule has 2 heterocycles. The van der Waals surface area contributed by atoms with E-state index in [1.54, 1.807) is 11.7 Å². The van der Waals surface area contributed by atoms with E-state index >= 15 is 0 Å². The smallest absolute Gasteiger partial charge is 0.180 e. The lowest BCUT2D eigenvalue weighted by atomic mass is 10.5. The van der Waals surface area contributed by atoms with Crippen LogP contribution < -0.4 is 0 Å². The summed E-state index contributed by atoms with van der Waals surface area (Å²) in [5, 5.41) is 16.8. The molecular formula is C7H3N5S2. The molecule has 0 unspecified atom stereocenters. The summed E-state index contributed by atoms with van der Waals surface area (Å²) in [6.07, 6.45) is 2.98. The number of hydrogen-bond acceptors (Lipinski definition) is 7. The molecule has 0 radical (unpaired) electrons. The SMILES string of the molecule is N#Cc1cnc(Sc2nncs2)cn1. The van der Waals surface area contributed by atoms with Gasteiger partial charge in [0.05, 0.1) is 12.4 Å². The van der Waals surface area contributed by atoms with Crippen LogP contribution in [0.4, 0.5) is 0 Å². The summed E-state index contributed by atoms with van der Waals surface area (Å²) in [6.45, 7) is 0. The molecular weight excluding hydrogens is 218 g/mol. The molecule has 0 N–H and O–H groups in total. The van der Waals surface area contributed by atoms with Gasteiger partial charge >= 0.3 is 0 Å². The zero-order valence-electron chi connectivity index (χ0n) is 6.78. The first kappa shape index (κ1) is 9.05. The number of hydrogen-bond donors (Lipinski definition) is 0. The molecule has 2 aromatic heterocycles. The molecule has 0 amide bonds. The average molecular weight is 221 g/mol. The summed E-state index contributed by atoms with van der Waals surface area (Å²) < 4.78 is 0.809. The highest BCUT2D eigenvalue weighted by Gasteiger charge is 2.02. The van der Waals surface area contributed by atoms with Crippen molar-refractivity contribution < 1.29 is 0 Å². The molecule has 14 heavy (non-hydrogen) atoms. The molecule has 0 saturated carbocycles. The lowest BCUT2D eigenvalue weighted by Crippen LogP contribution is -1.86. The molecule has 68 valence electrons. The maximum Gasteiger partial charge on any atom is 0.180 e. The summed E-state index contributed by atoms with van der Waals surface area (Å²) in [6, 6.07) is 1.90. The molecule has 2 aromatic rings. The van der Waals surface area contributed by atoms with Gasteiger partial charge in [0.2, 0.25) is 0 Å². The van der Waals surface area contributed by atoms with E-state index in [0.29, 0.717) is 10.7 Å². The van der Waals surface area contributed by atoms with E-state index in [0.717, 1.165) is 4.34 Å². The second-order valence-electron chi connectivity index (χ2n) is 2.16. The normalized spacial score (nSPS) is 9.64. The van der Waals surface area contributed by atoms with Crippen LogP contribution in [0.25, 0.3) is 0 Å². The first-order valence-corrected chi connectivity index (χ1v) is 5.24. The molecule has 0 fully saturated rings. The van der Waals surface area contributed by atoms with Crippen molar-refractivity contribution in [3.05, 3.63) is 23.6 Å². The standard InChI is InChI=1S/C7H3N5S2/c8-1-5-2-10-6(3-9-5)14-7-12-11-4-13-7/h2-4H. The Morgan fingerprint density at radius 1 is 1.36 bits per heavy atom.